The first-order chi connectivity index (χ1) is 4.20. The van der Waals surface area contributed by atoms with Crippen LogP contribution in [0.25, 0.3) is 0 Å². The fourth-order valence-electron chi connectivity index (χ4n) is 0.481. The smallest absolute Gasteiger partial charge is 0.274 e. The molecule has 0 saturated heterocycles. The van der Waals surface area contributed by atoms with Gasteiger partial charge in [-0.05, 0) is 0 Å². The molecule has 0 saturated carbocycles. The third-order valence-corrected chi connectivity index (χ3v) is 1.03. The molecule has 0 aliphatic heterocycles. The van der Waals surface area contributed by atoms with E-state index in [2.05, 4.69) is 4.98 Å². The van der Waals surface area contributed by atoms with Gasteiger partial charge in [0.25, 0.3) is 5.56 Å². The van der Waals surface area contributed by atoms with Gasteiger partial charge in [-0.1, -0.05) is 0 Å². The summed E-state index contributed by atoms with van der Waals surface area (Å²) >= 11 is 0. The highest BCUT2D eigenvalue weighted by atomic mass is 16.1. The Kier molecular flexibility index (Phi) is 1.22. The van der Waals surface area contributed by atoms with E-state index in [1.165, 1.54) is 6.07 Å². The minimum Gasteiger partial charge on any atom is -0.369 e. The predicted molar refractivity (Wildman–Crippen MR) is 33.9 cm³/mol. The van der Waals surface area contributed by atoms with Gasteiger partial charge in [0.05, 0.1) is 0 Å². The first-order valence-corrected chi connectivity index (χ1v) is 2.49. The molecule has 0 bridgehead atoms. The summed E-state index contributed by atoms with van der Waals surface area (Å²) in [4.78, 5) is 13.9. The fraction of sp³-hybridized carbons (Fsp3) is 0.200. The Morgan fingerprint density at radius 3 is 2.89 bits per heavy atom. The summed E-state index contributed by atoms with van der Waals surface area (Å²) in [5, 5.41) is 0. The number of nitrogen functional groups attached to an aromatic ring is 1. The number of hydrogen-bond acceptors (Lipinski definition) is 3. The van der Waals surface area contributed by atoms with E-state index in [-0.39, 0.29) is 11.5 Å². The SMILES string of the molecule is Cn1ccc(=O)nc1N. The highest BCUT2D eigenvalue weighted by Crippen LogP contribution is 1.85. The third-order valence-electron chi connectivity index (χ3n) is 1.03. The molecule has 48 valence electrons. The number of aromatic nitrogens is 2. The number of nitrogens with zero attached hydrogens (tertiary/aromatic N) is 2. The first kappa shape index (κ1) is 5.81. The normalized spacial score (nSPS) is 9.44. The quantitative estimate of drug-likeness (QED) is 0.501. The van der Waals surface area contributed by atoms with Crippen LogP contribution in [-0.4, -0.2) is 9.55 Å². The topological polar surface area (TPSA) is 60.9 Å². The second-order valence-electron chi connectivity index (χ2n) is 1.73. The molecule has 0 fully saturated rings. The number of nitrogens with two attached hydrogens (primary N) is 1. The summed E-state index contributed by atoms with van der Waals surface area (Å²) in [6.45, 7) is 0. The van der Waals surface area contributed by atoms with Gasteiger partial charge in [-0.2, -0.15) is 4.98 Å². The summed E-state index contributed by atoms with van der Waals surface area (Å²) in [6, 6.07) is 1.36. The Balaban J connectivity index is 3.34. The third kappa shape index (κ3) is 1.07. The molecule has 0 aromatic carbocycles. The molecule has 1 aromatic rings. The molecule has 4 nitrogen and oxygen atoms in total. The largest absolute Gasteiger partial charge is 0.369 e. The monoisotopic (exact) mass is 125 g/mol. The van der Waals surface area contributed by atoms with Crippen LogP contribution in [0.3, 0.4) is 0 Å². The molecule has 1 heterocycles. The lowest BCUT2D eigenvalue weighted by Crippen LogP contribution is -2.12. The second-order valence-corrected chi connectivity index (χ2v) is 1.73. The van der Waals surface area contributed by atoms with Crippen LogP contribution in [-0.2, 0) is 7.05 Å². The minimum absolute atomic E-state index is 0.238. The average molecular weight is 125 g/mol. The van der Waals surface area contributed by atoms with Crippen molar-refractivity contribution in [3.63, 3.8) is 0 Å². The van der Waals surface area contributed by atoms with E-state index in [4.69, 9.17) is 5.73 Å². The number of aryl methyl sites for hydroxylation is 1. The van der Waals surface area contributed by atoms with E-state index in [9.17, 15) is 4.79 Å². The number of hydrogen-bond donors (Lipinski definition) is 1. The molecule has 0 amide bonds. The molecular formula is C5H7N3O. The van der Waals surface area contributed by atoms with Crippen molar-refractivity contribution in [1.82, 2.24) is 9.55 Å². The lowest BCUT2D eigenvalue weighted by atomic mass is 10.6. The van der Waals surface area contributed by atoms with Gasteiger partial charge in [0.2, 0.25) is 5.95 Å². The summed E-state index contributed by atoms with van der Waals surface area (Å²) in [7, 11) is 1.72. The highest BCUT2D eigenvalue weighted by Gasteiger charge is 1.88. The zero-order chi connectivity index (χ0) is 6.85. The fourth-order valence-corrected chi connectivity index (χ4v) is 0.481. The summed E-state index contributed by atoms with van der Waals surface area (Å²) in [5.74, 6) is 0.238. The molecule has 4 heteroatoms. The Morgan fingerprint density at radius 1 is 1.78 bits per heavy atom. The standard InChI is InChI=1S/C5H7N3O/c1-8-3-2-4(9)7-5(8)6/h2-3H,1H3,(H2,6,7,9). The van der Waals surface area contributed by atoms with Gasteiger partial charge in [-0.25, -0.2) is 0 Å². The summed E-state index contributed by atoms with van der Waals surface area (Å²) in [5.41, 5.74) is 4.97. The molecule has 0 spiro atoms. The van der Waals surface area contributed by atoms with Crippen LogP contribution in [0.2, 0.25) is 0 Å². The molecule has 0 aliphatic rings. The molecule has 0 atom stereocenters. The molecule has 0 unspecified atom stereocenters. The van der Waals surface area contributed by atoms with Crippen molar-refractivity contribution in [2.75, 3.05) is 5.73 Å². The molecule has 0 radical (unpaired) electrons. The summed E-state index contributed by atoms with van der Waals surface area (Å²) < 4.78 is 1.57. The Labute approximate surface area is 51.9 Å². The Morgan fingerprint density at radius 2 is 2.44 bits per heavy atom. The van der Waals surface area contributed by atoms with Gasteiger partial charge < -0.3 is 10.3 Å². The van der Waals surface area contributed by atoms with Gasteiger partial charge in [0, 0.05) is 19.3 Å². The van der Waals surface area contributed by atoms with Crippen LogP contribution >= 0.6 is 0 Å². The van der Waals surface area contributed by atoms with Crippen LogP contribution in [0.4, 0.5) is 5.95 Å². The van der Waals surface area contributed by atoms with Gasteiger partial charge in [-0.3, -0.25) is 4.79 Å². The van der Waals surface area contributed by atoms with Crippen LogP contribution < -0.4 is 11.3 Å². The minimum atomic E-state index is -0.300. The van der Waals surface area contributed by atoms with Crippen molar-refractivity contribution in [1.29, 1.82) is 0 Å². The van der Waals surface area contributed by atoms with Crippen molar-refractivity contribution < 1.29 is 0 Å². The van der Waals surface area contributed by atoms with Crippen LogP contribution in [0.15, 0.2) is 17.1 Å². The van der Waals surface area contributed by atoms with Gasteiger partial charge in [-0.15, -0.1) is 0 Å². The molecule has 2 N–H and O–H groups in total. The number of rotatable bonds is 0. The average Bonchev–Trinajstić information content (AvgIpc) is 1.80. The van der Waals surface area contributed by atoms with Crippen molar-refractivity contribution in [3.05, 3.63) is 22.6 Å². The Hall–Kier alpha value is -1.32. The molecule has 0 aliphatic carbocycles. The highest BCUT2D eigenvalue weighted by molar-refractivity contribution is 5.14. The Bertz CT molecular complexity index is 265. The van der Waals surface area contributed by atoms with Crippen molar-refractivity contribution in [3.8, 4) is 0 Å². The van der Waals surface area contributed by atoms with Gasteiger partial charge in [0.15, 0.2) is 0 Å². The maximum absolute atomic E-state index is 10.4. The first-order valence-electron chi connectivity index (χ1n) is 2.49. The van der Waals surface area contributed by atoms with Crippen molar-refractivity contribution in [2.24, 2.45) is 7.05 Å². The van der Waals surface area contributed by atoms with Crippen LogP contribution in [0.1, 0.15) is 0 Å². The lowest BCUT2D eigenvalue weighted by molar-refractivity contribution is 0.873. The lowest BCUT2D eigenvalue weighted by Gasteiger charge is -1.97. The molecule has 1 rings (SSSR count). The van der Waals surface area contributed by atoms with E-state index >= 15 is 0 Å². The molecule has 1 aromatic heterocycles. The van der Waals surface area contributed by atoms with E-state index in [1.807, 2.05) is 0 Å². The maximum Gasteiger partial charge on any atom is 0.274 e. The van der Waals surface area contributed by atoms with E-state index in [0.29, 0.717) is 0 Å². The van der Waals surface area contributed by atoms with Gasteiger partial charge >= 0.3 is 0 Å². The molecular weight excluding hydrogens is 118 g/mol. The van der Waals surface area contributed by atoms with Gasteiger partial charge in [0.1, 0.15) is 0 Å². The zero-order valence-electron chi connectivity index (χ0n) is 5.03. The number of anilines is 1. The van der Waals surface area contributed by atoms with E-state index in [0.717, 1.165) is 0 Å². The predicted octanol–water partition coefficient (Wildman–Crippen LogP) is -0.638. The van der Waals surface area contributed by atoms with E-state index in [1.54, 1.807) is 17.8 Å². The van der Waals surface area contributed by atoms with Crippen LogP contribution in [0, 0.1) is 0 Å². The second kappa shape index (κ2) is 1.89. The summed E-state index contributed by atoms with van der Waals surface area (Å²) in [6.07, 6.45) is 1.57. The zero-order valence-corrected chi connectivity index (χ0v) is 5.03. The van der Waals surface area contributed by atoms with E-state index < -0.39 is 0 Å². The van der Waals surface area contributed by atoms with Crippen molar-refractivity contribution in [2.45, 2.75) is 0 Å². The maximum atomic E-state index is 10.4. The molecule has 9 heavy (non-hydrogen) atoms. The van der Waals surface area contributed by atoms with Crippen LogP contribution in [0.5, 0.6) is 0 Å². The van der Waals surface area contributed by atoms with Crippen molar-refractivity contribution >= 4 is 5.95 Å².